The minimum Gasteiger partial charge on any atom is -0.375 e. The molecular formula is C18H27ClF2N4O. The average molecular weight is 389 g/mol. The van der Waals surface area contributed by atoms with Gasteiger partial charge in [0.15, 0.2) is 5.96 Å². The van der Waals surface area contributed by atoms with Crippen molar-refractivity contribution in [3.63, 3.8) is 0 Å². The van der Waals surface area contributed by atoms with Crippen LogP contribution in [0, 0.1) is 0 Å². The van der Waals surface area contributed by atoms with Gasteiger partial charge in [-0.25, -0.2) is 8.78 Å². The van der Waals surface area contributed by atoms with Crippen molar-refractivity contribution < 1.29 is 13.5 Å². The van der Waals surface area contributed by atoms with Gasteiger partial charge < -0.3 is 15.4 Å². The van der Waals surface area contributed by atoms with Gasteiger partial charge in [0.05, 0.1) is 12.6 Å². The topological polar surface area (TPSA) is 48.9 Å². The fourth-order valence-electron chi connectivity index (χ4n) is 3.08. The van der Waals surface area contributed by atoms with Crippen LogP contribution in [0.3, 0.4) is 0 Å². The van der Waals surface area contributed by atoms with Gasteiger partial charge in [0.1, 0.15) is 0 Å². The van der Waals surface area contributed by atoms with Crippen molar-refractivity contribution in [2.45, 2.75) is 31.4 Å². The lowest BCUT2D eigenvalue weighted by molar-refractivity contribution is 0.0743. The molecule has 8 heteroatoms. The lowest BCUT2D eigenvalue weighted by atomic mass is 10.1. The Morgan fingerprint density at radius 3 is 2.69 bits per heavy atom. The van der Waals surface area contributed by atoms with E-state index in [9.17, 15) is 8.78 Å². The van der Waals surface area contributed by atoms with Crippen LogP contribution in [0.15, 0.2) is 29.3 Å². The highest BCUT2D eigenvalue weighted by Gasteiger charge is 2.22. The van der Waals surface area contributed by atoms with Crippen LogP contribution < -0.4 is 10.6 Å². The number of benzene rings is 1. The molecule has 1 fully saturated rings. The van der Waals surface area contributed by atoms with Crippen molar-refractivity contribution in [3.05, 3.63) is 34.9 Å². The standard InChI is InChI=1S/C18H27ClF2N4O/c1-22-18(24-15-6-8-25(9-7-15)12-17(20)21)23-11-16(26-2)13-4-3-5-14(19)10-13/h3-5,10,15-17H,6-9,11-12H2,1-2H3,(H2,22,23,24). The molecule has 1 aliphatic rings. The van der Waals surface area contributed by atoms with Crippen molar-refractivity contribution in [3.8, 4) is 0 Å². The van der Waals surface area contributed by atoms with Crippen LogP contribution in [-0.4, -0.2) is 63.7 Å². The summed E-state index contributed by atoms with van der Waals surface area (Å²) in [5.74, 6) is 0.682. The average Bonchev–Trinajstić information content (AvgIpc) is 2.62. The van der Waals surface area contributed by atoms with Crippen molar-refractivity contribution >= 4 is 17.6 Å². The number of nitrogens with zero attached hydrogens (tertiary/aromatic N) is 2. The second-order valence-electron chi connectivity index (χ2n) is 6.34. The molecule has 1 aromatic carbocycles. The van der Waals surface area contributed by atoms with Crippen molar-refractivity contribution in [2.24, 2.45) is 4.99 Å². The number of hydrogen-bond donors (Lipinski definition) is 2. The van der Waals surface area contributed by atoms with E-state index in [1.54, 1.807) is 19.1 Å². The summed E-state index contributed by atoms with van der Waals surface area (Å²) in [4.78, 5) is 6.05. The molecule has 1 unspecified atom stereocenters. The van der Waals surface area contributed by atoms with E-state index in [4.69, 9.17) is 16.3 Å². The first-order valence-electron chi connectivity index (χ1n) is 8.77. The smallest absolute Gasteiger partial charge is 0.251 e. The molecular weight excluding hydrogens is 362 g/mol. The van der Waals surface area contributed by atoms with Gasteiger partial charge in [0.25, 0.3) is 6.43 Å². The van der Waals surface area contributed by atoms with Crippen molar-refractivity contribution in [1.29, 1.82) is 0 Å². The molecule has 0 saturated carbocycles. The van der Waals surface area contributed by atoms with Crippen molar-refractivity contribution in [1.82, 2.24) is 15.5 Å². The van der Waals surface area contributed by atoms with Gasteiger partial charge in [-0.05, 0) is 30.5 Å². The molecule has 0 aromatic heterocycles. The molecule has 146 valence electrons. The van der Waals surface area contributed by atoms with Gasteiger partial charge in [-0.1, -0.05) is 23.7 Å². The Hall–Kier alpha value is -1.44. The number of ether oxygens (including phenoxy) is 1. The van der Waals surface area contributed by atoms with E-state index in [2.05, 4.69) is 15.6 Å². The van der Waals surface area contributed by atoms with Gasteiger partial charge in [0.2, 0.25) is 0 Å². The Morgan fingerprint density at radius 1 is 1.38 bits per heavy atom. The molecule has 1 heterocycles. The summed E-state index contributed by atoms with van der Waals surface area (Å²) in [6.07, 6.45) is -0.795. The number of guanidine groups is 1. The fraction of sp³-hybridized carbons (Fsp3) is 0.611. The molecule has 2 rings (SSSR count). The zero-order valence-electron chi connectivity index (χ0n) is 15.2. The predicted molar refractivity (Wildman–Crippen MR) is 101 cm³/mol. The van der Waals surface area contributed by atoms with Crippen LogP contribution in [0.1, 0.15) is 24.5 Å². The van der Waals surface area contributed by atoms with E-state index in [0.29, 0.717) is 30.6 Å². The zero-order valence-corrected chi connectivity index (χ0v) is 16.0. The highest BCUT2D eigenvalue weighted by Crippen LogP contribution is 2.19. The van der Waals surface area contributed by atoms with Crippen molar-refractivity contribution in [2.75, 3.05) is 40.3 Å². The summed E-state index contributed by atoms with van der Waals surface area (Å²) in [6, 6.07) is 7.79. The number of methoxy groups -OCH3 is 1. The maximum absolute atomic E-state index is 12.4. The Morgan fingerprint density at radius 2 is 2.12 bits per heavy atom. The van der Waals surface area contributed by atoms with E-state index in [0.717, 1.165) is 18.4 Å². The van der Waals surface area contributed by atoms with E-state index < -0.39 is 6.43 Å². The van der Waals surface area contributed by atoms with E-state index >= 15 is 0 Å². The molecule has 0 radical (unpaired) electrons. The largest absolute Gasteiger partial charge is 0.375 e. The Bertz CT molecular complexity index is 580. The molecule has 0 bridgehead atoms. The summed E-state index contributed by atoms with van der Waals surface area (Å²) in [5.41, 5.74) is 0.989. The molecule has 0 aliphatic carbocycles. The molecule has 0 amide bonds. The minimum absolute atomic E-state index is 0.144. The first-order chi connectivity index (χ1) is 12.5. The highest BCUT2D eigenvalue weighted by molar-refractivity contribution is 6.30. The SMILES string of the molecule is CN=C(NCC(OC)c1cccc(Cl)c1)NC1CCN(CC(F)F)CC1. The minimum atomic E-state index is -2.27. The molecule has 5 nitrogen and oxygen atoms in total. The summed E-state index contributed by atoms with van der Waals surface area (Å²) < 4.78 is 30.4. The van der Waals surface area contributed by atoms with Crippen LogP contribution in [-0.2, 0) is 4.74 Å². The highest BCUT2D eigenvalue weighted by atomic mass is 35.5. The second-order valence-corrected chi connectivity index (χ2v) is 6.78. The van der Waals surface area contributed by atoms with E-state index in [1.807, 2.05) is 24.3 Å². The molecule has 1 saturated heterocycles. The molecule has 2 N–H and O–H groups in total. The number of piperidine rings is 1. The van der Waals surface area contributed by atoms with Gasteiger partial charge in [-0.2, -0.15) is 0 Å². The van der Waals surface area contributed by atoms with Gasteiger partial charge >= 0.3 is 0 Å². The Labute approximate surface area is 158 Å². The molecule has 1 aliphatic heterocycles. The van der Waals surface area contributed by atoms with Gasteiger partial charge in [-0.3, -0.25) is 9.89 Å². The van der Waals surface area contributed by atoms with Crippen LogP contribution in [0.2, 0.25) is 5.02 Å². The number of likely N-dealkylation sites (tertiary alicyclic amines) is 1. The molecule has 1 atom stereocenters. The second kappa shape index (κ2) is 10.6. The molecule has 1 aromatic rings. The lowest BCUT2D eigenvalue weighted by Crippen LogP contribution is -2.49. The fourth-order valence-corrected chi connectivity index (χ4v) is 3.28. The van der Waals surface area contributed by atoms with Crippen LogP contribution >= 0.6 is 11.6 Å². The monoisotopic (exact) mass is 388 g/mol. The summed E-state index contributed by atoms with van der Waals surface area (Å²) in [6.45, 7) is 1.74. The number of nitrogens with one attached hydrogen (secondary N) is 2. The number of hydrogen-bond acceptors (Lipinski definition) is 3. The normalized spacial score (nSPS) is 18.2. The first-order valence-corrected chi connectivity index (χ1v) is 9.15. The quantitative estimate of drug-likeness (QED) is 0.557. The Balaban J connectivity index is 1.80. The van der Waals surface area contributed by atoms with Gasteiger partial charge in [-0.15, -0.1) is 0 Å². The summed E-state index contributed by atoms with van der Waals surface area (Å²) in [7, 11) is 3.37. The number of halogens is 3. The van der Waals surface area contributed by atoms with Crippen LogP contribution in [0.25, 0.3) is 0 Å². The third-order valence-electron chi connectivity index (χ3n) is 4.51. The number of rotatable bonds is 7. The zero-order chi connectivity index (χ0) is 18.9. The van der Waals surface area contributed by atoms with Gasteiger partial charge in [0, 0.05) is 44.9 Å². The predicted octanol–water partition coefficient (Wildman–Crippen LogP) is 2.92. The third kappa shape index (κ3) is 6.70. The third-order valence-corrected chi connectivity index (χ3v) is 4.74. The maximum atomic E-state index is 12.4. The summed E-state index contributed by atoms with van der Waals surface area (Å²) in [5, 5.41) is 7.30. The number of alkyl halides is 2. The maximum Gasteiger partial charge on any atom is 0.251 e. The van der Waals surface area contributed by atoms with Crippen LogP contribution in [0.5, 0.6) is 0 Å². The Kier molecular flexibility index (Phi) is 8.54. The number of aliphatic imine (C=N–C) groups is 1. The summed E-state index contributed by atoms with van der Waals surface area (Å²) >= 11 is 6.04. The van der Waals surface area contributed by atoms with Crippen LogP contribution in [0.4, 0.5) is 8.78 Å². The van der Waals surface area contributed by atoms with E-state index in [-0.39, 0.29) is 18.7 Å². The first kappa shape index (κ1) is 20.9. The van der Waals surface area contributed by atoms with E-state index in [1.165, 1.54) is 0 Å². The molecule has 0 spiro atoms. The molecule has 26 heavy (non-hydrogen) atoms. The lowest BCUT2D eigenvalue weighted by Gasteiger charge is -2.33.